The highest BCUT2D eigenvalue weighted by molar-refractivity contribution is 6.08. The fourth-order valence-corrected chi connectivity index (χ4v) is 2.78. The molecule has 6 heteroatoms. The fourth-order valence-electron chi connectivity index (χ4n) is 2.78. The van der Waals surface area contributed by atoms with Crippen molar-refractivity contribution in [1.82, 2.24) is 20.1 Å². The first-order valence-electron chi connectivity index (χ1n) is 7.39. The van der Waals surface area contributed by atoms with E-state index in [0.717, 1.165) is 22.7 Å². The van der Waals surface area contributed by atoms with Crippen LogP contribution in [-0.2, 0) is 4.79 Å². The second-order valence-corrected chi connectivity index (χ2v) is 5.32. The van der Waals surface area contributed by atoms with E-state index in [1.165, 1.54) is 0 Å². The molecule has 1 amide bonds. The Balaban J connectivity index is 2.26. The summed E-state index contributed by atoms with van der Waals surface area (Å²) in [6.07, 6.45) is 2.50. The van der Waals surface area contributed by atoms with Crippen LogP contribution in [-0.4, -0.2) is 27.2 Å². The number of hydrogen-bond donors (Lipinski definition) is 2. The van der Waals surface area contributed by atoms with E-state index in [2.05, 4.69) is 15.5 Å². The van der Waals surface area contributed by atoms with Crippen molar-refractivity contribution in [2.75, 3.05) is 6.54 Å². The van der Waals surface area contributed by atoms with E-state index in [9.17, 15) is 9.59 Å². The second-order valence-electron chi connectivity index (χ2n) is 5.32. The lowest BCUT2D eigenvalue weighted by Crippen LogP contribution is -2.32. The van der Waals surface area contributed by atoms with Crippen LogP contribution in [0.15, 0.2) is 35.3 Å². The number of nitrogens with one attached hydrogen (secondary N) is 2. The van der Waals surface area contributed by atoms with Gasteiger partial charge in [-0.3, -0.25) is 9.59 Å². The first-order valence-corrected chi connectivity index (χ1v) is 7.39. The first kappa shape index (κ1) is 14.3. The average Bonchev–Trinajstić information content (AvgIpc) is 2.88. The molecule has 0 radical (unpaired) electrons. The molecule has 2 heterocycles. The molecule has 1 aromatic carbocycles. The summed E-state index contributed by atoms with van der Waals surface area (Å²) < 4.78 is 1.79. The number of H-pyrrole nitrogens is 1. The van der Waals surface area contributed by atoms with E-state index in [-0.39, 0.29) is 11.5 Å². The maximum absolute atomic E-state index is 12.3. The first-order chi connectivity index (χ1) is 10.6. The summed E-state index contributed by atoms with van der Waals surface area (Å²) in [5, 5.41) is 10.9. The summed E-state index contributed by atoms with van der Waals surface area (Å²) in [6.45, 7) is 4.43. The van der Waals surface area contributed by atoms with E-state index in [1.807, 2.05) is 31.2 Å². The van der Waals surface area contributed by atoms with Gasteiger partial charge in [-0.25, -0.2) is 5.10 Å². The Morgan fingerprint density at radius 2 is 2.14 bits per heavy atom. The van der Waals surface area contributed by atoms with Crippen LogP contribution >= 0.6 is 0 Å². The van der Waals surface area contributed by atoms with Crippen molar-refractivity contribution in [2.24, 2.45) is 0 Å². The van der Waals surface area contributed by atoms with Crippen LogP contribution in [0.4, 0.5) is 0 Å². The third kappa shape index (κ3) is 2.16. The monoisotopic (exact) mass is 298 g/mol. The van der Waals surface area contributed by atoms with Gasteiger partial charge in [0.05, 0.1) is 11.7 Å². The molecule has 0 aliphatic heterocycles. The second kappa shape index (κ2) is 5.63. The van der Waals surface area contributed by atoms with Crippen molar-refractivity contribution in [1.29, 1.82) is 0 Å². The maximum atomic E-state index is 12.3. The topological polar surface area (TPSA) is 79.8 Å². The van der Waals surface area contributed by atoms with Crippen molar-refractivity contribution in [3.63, 3.8) is 0 Å². The number of benzene rings is 1. The Morgan fingerprint density at radius 1 is 1.36 bits per heavy atom. The van der Waals surface area contributed by atoms with Crippen LogP contribution in [0.25, 0.3) is 21.8 Å². The lowest BCUT2D eigenvalue weighted by Gasteiger charge is -2.16. The van der Waals surface area contributed by atoms with Gasteiger partial charge in [-0.15, -0.1) is 0 Å². The van der Waals surface area contributed by atoms with Gasteiger partial charge in [0, 0.05) is 17.3 Å². The van der Waals surface area contributed by atoms with E-state index >= 15 is 0 Å². The van der Waals surface area contributed by atoms with Crippen LogP contribution in [0, 0.1) is 0 Å². The number of aromatic amines is 1. The number of aromatic nitrogens is 3. The van der Waals surface area contributed by atoms with Gasteiger partial charge in [-0.2, -0.15) is 5.10 Å². The van der Waals surface area contributed by atoms with E-state index in [1.54, 1.807) is 17.7 Å². The van der Waals surface area contributed by atoms with Crippen molar-refractivity contribution < 1.29 is 4.79 Å². The molecule has 0 aliphatic carbocycles. The summed E-state index contributed by atoms with van der Waals surface area (Å²) in [7, 11) is 0. The van der Waals surface area contributed by atoms with Gasteiger partial charge in [0.1, 0.15) is 11.6 Å². The van der Waals surface area contributed by atoms with Crippen molar-refractivity contribution >= 4 is 27.7 Å². The quantitative estimate of drug-likeness (QED) is 0.772. The summed E-state index contributed by atoms with van der Waals surface area (Å²) in [5.74, 6) is -0.0966. The molecule has 2 N–H and O–H groups in total. The van der Waals surface area contributed by atoms with Crippen molar-refractivity contribution in [3.05, 3.63) is 40.8 Å². The number of para-hydroxylation sites is 1. The zero-order chi connectivity index (χ0) is 15.7. The van der Waals surface area contributed by atoms with Gasteiger partial charge in [0.25, 0.3) is 5.56 Å². The fraction of sp³-hybridized carbons (Fsp3) is 0.312. The third-order valence-electron chi connectivity index (χ3n) is 3.84. The Labute approximate surface area is 127 Å². The van der Waals surface area contributed by atoms with Crippen LogP contribution in [0.3, 0.4) is 0 Å². The number of carbonyl (C=O) groups is 1. The predicted molar refractivity (Wildman–Crippen MR) is 85.9 cm³/mol. The van der Waals surface area contributed by atoms with Gasteiger partial charge in [-0.05, 0) is 19.4 Å². The smallest absolute Gasteiger partial charge is 0.288 e. The molecule has 0 saturated heterocycles. The molecular formula is C16H18N4O2. The SMILES string of the molecule is CCCNC(=O)[C@@H](C)n1c2ccccc2c2cn[nH]c(=O)c21. The van der Waals surface area contributed by atoms with Gasteiger partial charge in [0.2, 0.25) is 5.91 Å². The van der Waals surface area contributed by atoms with Crippen LogP contribution in [0.1, 0.15) is 26.3 Å². The van der Waals surface area contributed by atoms with Gasteiger partial charge in [-0.1, -0.05) is 25.1 Å². The Bertz CT molecular complexity index is 894. The molecule has 6 nitrogen and oxygen atoms in total. The number of carbonyl (C=O) groups excluding carboxylic acids is 1. The number of fused-ring (bicyclic) bond motifs is 3. The highest BCUT2D eigenvalue weighted by Crippen LogP contribution is 2.29. The van der Waals surface area contributed by atoms with Crippen LogP contribution in [0.5, 0.6) is 0 Å². The maximum Gasteiger partial charge on any atom is 0.288 e. The molecule has 3 rings (SSSR count). The van der Waals surface area contributed by atoms with E-state index in [0.29, 0.717) is 12.1 Å². The molecule has 22 heavy (non-hydrogen) atoms. The highest BCUT2D eigenvalue weighted by atomic mass is 16.2. The molecule has 0 saturated carbocycles. The normalized spacial score (nSPS) is 12.6. The number of nitrogens with zero attached hydrogens (tertiary/aromatic N) is 2. The molecular weight excluding hydrogens is 280 g/mol. The number of amides is 1. The lowest BCUT2D eigenvalue weighted by atomic mass is 10.2. The summed E-state index contributed by atoms with van der Waals surface area (Å²) >= 11 is 0. The zero-order valence-electron chi connectivity index (χ0n) is 12.6. The third-order valence-corrected chi connectivity index (χ3v) is 3.84. The molecule has 2 aromatic heterocycles. The Morgan fingerprint density at radius 3 is 2.91 bits per heavy atom. The summed E-state index contributed by atoms with van der Waals surface area (Å²) in [5.41, 5.74) is 1.05. The van der Waals surface area contributed by atoms with E-state index < -0.39 is 6.04 Å². The minimum absolute atomic E-state index is 0.0966. The lowest BCUT2D eigenvalue weighted by molar-refractivity contribution is -0.123. The van der Waals surface area contributed by atoms with Gasteiger partial charge in [0.15, 0.2) is 0 Å². The largest absolute Gasteiger partial charge is 0.354 e. The molecule has 1 atom stereocenters. The highest BCUT2D eigenvalue weighted by Gasteiger charge is 2.22. The van der Waals surface area contributed by atoms with Gasteiger partial charge >= 0.3 is 0 Å². The average molecular weight is 298 g/mol. The minimum atomic E-state index is -0.475. The van der Waals surface area contributed by atoms with Crippen molar-refractivity contribution in [2.45, 2.75) is 26.3 Å². The standard InChI is InChI=1S/C16H18N4O2/c1-3-8-17-15(21)10(2)20-13-7-5-4-6-11(13)12-9-18-19-16(22)14(12)20/h4-7,9-10H,3,8H2,1-2H3,(H,17,21)(H,19,22)/t10-/m1/s1. The molecule has 0 aliphatic rings. The Kier molecular flexibility index (Phi) is 3.66. The molecule has 3 aromatic rings. The molecule has 0 fully saturated rings. The summed E-state index contributed by atoms with van der Waals surface area (Å²) in [6, 6.07) is 7.19. The predicted octanol–water partition coefficient (Wildman–Crippen LogP) is 1.96. The van der Waals surface area contributed by atoms with Gasteiger partial charge < -0.3 is 9.88 Å². The number of rotatable bonds is 4. The van der Waals surface area contributed by atoms with Crippen molar-refractivity contribution in [3.8, 4) is 0 Å². The molecule has 0 spiro atoms. The summed E-state index contributed by atoms with van der Waals surface area (Å²) in [4.78, 5) is 24.6. The zero-order valence-corrected chi connectivity index (χ0v) is 12.6. The van der Waals surface area contributed by atoms with Crippen LogP contribution < -0.4 is 10.9 Å². The minimum Gasteiger partial charge on any atom is -0.354 e. The Hall–Kier alpha value is -2.63. The molecule has 0 bridgehead atoms. The van der Waals surface area contributed by atoms with Crippen LogP contribution in [0.2, 0.25) is 0 Å². The molecule has 0 unspecified atom stereocenters. The van der Waals surface area contributed by atoms with E-state index in [4.69, 9.17) is 0 Å². The molecule has 114 valence electrons. The number of hydrogen-bond acceptors (Lipinski definition) is 3.